The minimum atomic E-state index is -1.13. The average Bonchev–Trinajstić information content (AvgIpc) is 3.23. The average molecular weight is 324 g/mol. The van der Waals surface area contributed by atoms with Crippen LogP contribution in [0.1, 0.15) is 14.5 Å². The van der Waals surface area contributed by atoms with Crippen molar-refractivity contribution >= 4 is 11.3 Å². The van der Waals surface area contributed by atoms with Crippen molar-refractivity contribution in [1.82, 2.24) is 14.5 Å². The van der Waals surface area contributed by atoms with Gasteiger partial charge in [0.15, 0.2) is 6.23 Å². The maximum Gasteiger partial charge on any atom is 0.330 e. The second kappa shape index (κ2) is 4.59. The van der Waals surface area contributed by atoms with Crippen LogP contribution in [0.5, 0.6) is 0 Å². The van der Waals surface area contributed by atoms with E-state index in [1.807, 2.05) is 0 Å². The fourth-order valence-corrected chi connectivity index (χ4v) is 3.41. The van der Waals surface area contributed by atoms with Gasteiger partial charge in [-0.25, -0.2) is 9.78 Å². The normalized spacial score (nSPS) is 34.0. The van der Waals surface area contributed by atoms with Crippen molar-refractivity contribution in [3.8, 4) is 10.6 Å². The number of H-pyrrole nitrogens is 1. The van der Waals surface area contributed by atoms with Crippen molar-refractivity contribution in [3.63, 3.8) is 0 Å². The van der Waals surface area contributed by atoms with E-state index in [1.165, 1.54) is 22.1 Å². The lowest BCUT2D eigenvalue weighted by atomic mass is 10.0. The molecular weight excluding hydrogens is 310 g/mol. The standard InChI is InChI=1S/C13H13N3O5S/c1-13-5-20-7(8(13)17)11(21-13)16-4-6(9(18)15-12(16)19)10-14-2-3-22-10/h2-4,7-8,11,17H,5H2,1H3,(H,15,18,19)/t7-,8+,11-,13+/m1/s1/i1D. The number of hydrogen-bond donors (Lipinski definition) is 2. The Labute approximate surface area is 129 Å². The fourth-order valence-electron chi connectivity index (χ4n) is 2.76. The first kappa shape index (κ1) is 12.7. The molecule has 4 atom stereocenters. The number of ether oxygens (including phenoxy) is 2. The third-order valence-electron chi connectivity index (χ3n) is 3.91. The van der Waals surface area contributed by atoms with Gasteiger partial charge in [-0.05, 0) is 6.90 Å². The summed E-state index contributed by atoms with van der Waals surface area (Å²) in [6, 6.07) is 0. The summed E-state index contributed by atoms with van der Waals surface area (Å²) in [6.07, 6.45) is 0.275. The lowest BCUT2D eigenvalue weighted by Gasteiger charge is -2.28. The quantitative estimate of drug-likeness (QED) is 0.786. The number of rotatable bonds is 2. The van der Waals surface area contributed by atoms with Crippen LogP contribution in [0.4, 0.5) is 0 Å². The lowest BCUT2D eigenvalue weighted by Crippen LogP contribution is -2.40. The molecule has 0 radical (unpaired) electrons. The van der Waals surface area contributed by atoms with E-state index in [1.54, 1.807) is 11.6 Å². The number of hydrogen-bond acceptors (Lipinski definition) is 7. The largest absolute Gasteiger partial charge is 0.387 e. The number of fused-ring (bicyclic) bond motifs is 2. The Morgan fingerprint density at radius 3 is 3.18 bits per heavy atom. The minimum Gasteiger partial charge on any atom is -0.387 e. The molecule has 0 amide bonds. The van der Waals surface area contributed by atoms with Gasteiger partial charge in [-0.2, -0.15) is 0 Å². The van der Waals surface area contributed by atoms with Crippen LogP contribution in [-0.2, 0) is 9.47 Å². The second-order valence-electron chi connectivity index (χ2n) is 5.34. The Hall–Kier alpha value is -1.81. The van der Waals surface area contributed by atoms with E-state index in [-0.39, 0.29) is 19.1 Å². The van der Waals surface area contributed by atoms with Crippen molar-refractivity contribution in [2.24, 2.45) is 0 Å². The molecule has 2 saturated heterocycles. The van der Waals surface area contributed by atoms with Crippen molar-refractivity contribution < 1.29 is 16.0 Å². The van der Waals surface area contributed by atoms with Gasteiger partial charge in [0.05, 0.1) is 12.2 Å². The molecule has 2 fully saturated rings. The first-order valence-electron chi connectivity index (χ1n) is 7.28. The molecule has 2 aromatic rings. The fraction of sp³-hybridized carbons (Fsp3) is 0.462. The van der Waals surface area contributed by atoms with Gasteiger partial charge >= 0.3 is 5.69 Å². The molecule has 4 heterocycles. The van der Waals surface area contributed by atoms with E-state index in [0.29, 0.717) is 5.01 Å². The summed E-state index contributed by atoms with van der Waals surface area (Å²) in [5.74, 6) is 0. The van der Waals surface area contributed by atoms with Crippen LogP contribution < -0.4 is 11.2 Å². The van der Waals surface area contributed by atoms with Crippen molar-refractivity contribution in [3.05, 3.63) is 38.6 Å². The zero-order valence-corrected chi connectivity index (χ0v) is 12.1. The number of thiazole rings is 1. The second-order valence-corrected chi connectivity index (χ2v) is 6.23. The van der Waals surface area contributed by atoms with E-state index >= 15 is 0 Å². The Kier molecular flexibility index (Phi) is 2.65. The van der Waals surface area contributed by atoms with E-state index in [4.69, 9.17) is 10.8 Å². The molecule has 0 aliphatic carbocycles. The monoisotopic (exact) mass is 324 g/mol. The zero-order chi connectivity index (χ0) is 16.2. The summed E-state index contributed by atoms with van der Waals surface area (Å²) in [5, 5.41) is 12.4. The van der Waals surface area contributed by atoms with Gasteiger partial charge in [-0.3, -0.25) is 14.3 Å². The first-order chi connectivity index (χ1) is 11.1. The van der Waals surface area contributed by atoms with Crippen LogP contribution in [-0.4, -0.2) is 44.1 Å². The highest BCUT2D eigenvalue weighted by Crippen LogP contribution is 2.44. The van der Waals surface area contributed by atoms with Crippen LogP contribution in [0.25, 0.3) is 10.6 Å². The van der Waals surface area contributed by atoms with E-state index in [0.717, 1.165) is 0 Å². The Balaban J connectivity index is 1.80. The highest BCUT2D eigenvalue weighted by atomic mass is 32.1. The van der Waals surface area contributed by atoms with Gasteiger partial charge < -0.3 is 14.6 Å². The zero-order valence-electron chi connectivity index (χ0n) is 12.3. The molecule has 0 spiro atoms. The first-order valence-corrected chi connectivity index (χ1v) is 7.46. The number of aromatic nitrogens is 3. The third kappa shape index (κ3) is 1.83. The van der Waals surface area contributed by atoms with Crippen LogP contribution in [0.2, 0.25) is 0 Å². The smallest absolute Gasteiger partial charge is 0.330 e. The van der Waals surface area contributed by atoms with E-state index < -0.39 is 35.3 Å². The summed E-state index contributed by atoms with van der Waals surface area (Å²) in [6.45, 7) is -0.0745. The van der Waals surface area contributed by atoms with Gasteiger partial charge in [0.1, 0.15) is 22.8 Å². The van der Waals surface area contributed by atoms with Gasteiger partial charge in [-0.15, -0.1) is 11.3 Å². The van der Waals surface area contributed by atoms with Crippen LogP contribution in [0.15, 0.2) is 27.4 Å². The summed E-state index contributed by atoms with van der Waals surface area (Å²) in [7, 11) is 0. The molecule has 22 heavy (non-hydrogen) atoms. The number of nitrogens with one attached hydrogen (secondary N) is 1. The third-order valence-corrected chi connectivity index (χ3v) is 4.72. The van der Waals surface area contributed by atoms with Gasteiger partial charge in [0.25, 0.3) is 5.56 Å². The Bertz CT molecular complexity index is 850. The summed E-state index contributed by atoms with van der Waals surface area (Å²) in [4.78, 5) is 30.4. The SMILES string of the molecule is [2H]C[C@@]12CO[C@@H]([C@H](n3cc(-c4nccs4)c(=O)[nH]c3=O)O1)[C@@H]2O. The number of nitrogens with zero attached hydrogens (tertiary/aromatic N) is 2. The van der Waals surface area contributed by atoms with E-state index in [9.17, 15) is 14.7 Å². The minimum absolute atomic E-state index is 0.107. The van der Waals surface area contributed by atoms with Crippen LogP contribution >= 0.6 is 11.3 Å². The topological polar surface area (TPSA) is 106 Å². The highest BCUT2D eigenvalue weighted by Gasteiger charge is 2.59. The molecule has 116 valence electrons. The summed E-state index contributed by atoms with van der Waals surface area (Å²) < 4.78 is 20.0. The maximum absolute atomic E-state index is 12.2. The molecule has 4 rings (SSSR count). The van der Waals surface area contributed by atoms with Crippen molar-refractivity contribution in [1.29, 1.82) is 0 Å². The van der Waals surface area contributed by atoms with Gasteiger partial charge in [-0.1, -0.05) is 0 Å². The molecular formula is C13H13N3O5S. The Morgan fingerprint density at radius 2 is 2.50 bits per heavy atom. The lowest BCUT2D eigenvalue weighted by molar-refractivity contribution is -0.167. The summed E-state index contributed by atoms with van der Waals surface area (Å²) in [5.41, 5.74) is -2.10. The number of aromatic amines is 1. The molecule has 9 heteroatoms. The molecule has 2 N–H and O–H groups in total. The van der Waals surface area contributed by atoms with Crippen LogP contribution in [0.3, 0.4) is 0 Å². The van der Waals surface area contributed by atoms with Gasteiger partial charge in [0.2, 0.25) is 0 Å². The number of aliphatic hydroxyl groups excluding tert-OH is 1. The molecule has 8 nitrogen and oxygen atoms in total. The summed E-state index contributed by atoms with van der Waals surface area (Å²) >= 11 is 1.27. The molecule has 2 aliphatic rings. The highest BCUT2D eigenvalue weighted by molar-refractivity contribution is 7.13. The van der Waals surface area contributed by atoms with Crippen molar-refractivity contribution in [2.45, 2.75) is 30.9 Å². The van der Waals surface area contributed by atoms with E-state index in [2.05, 4.69) is 9.97 Å². The number of aliphatic hydroxyl groups is 1. The molecule has 0 saturated carbocycles. The van der Waals surface area contributed by atoms with Gasteiger partial charge in [0, 0.05) is 19.1 Å². The molecule has 0 unspecified atom stereocenters. The predicted molar refractivity (Wildman–Crippen MR) is 76.7 cm³/mol. The van der Waals surface area contributed by atoms with Crippen LogP contribution in [0, 0.1) is 0 Å². The molecule has 2 bridgehead atoms. The maximum atomic E-state index is 12.2. The molecule has 0 aromatic carbocycles. The Morgan fingerprint density at radius 1 is 1.64 bits per heavy atom. The molecule has 2 aliphatic heterocycles. The predicted octanol–water partition coefficient (Wildman–Crippen LogP) is -0.293. The van der Waals surface area contributed by atoms with Crippen molar-refractivity contribution in [2.75, 3.05) is 6.61 Å². The molecule has 2 aromatic heterocycles.